The van der Waals surface area contributed by atoms with Crippen LogP contribution in [0.4, 0.5) is 0 Å². The lowest BCUT2D eigenvalue weighted by molar-refractivity contribution is 0.111. The van der Waals surface area contributed by atoms with Gasteiger partial charge in [-0.05, 0) is 11.1 Å². The summed E-state index contributed by atoms with van der Waals surface area (Å²) >= 11 is 0. The average molecular weight is 343 g/mol. The quantitative estimate of drug-likeness (QED) is 0.518. The summed E-state index contributed by atoms with van der Waals surface area (Å²) in [6, 6.07) is 31.0. The highest BCUT2D eigenvalue weighted by Gasteiger charge is 2.29. The Kier molecular flexibility index (Phi) is 5.65. The van der Waals surface area contributed by atoms with Crippen molar-refractivity contribution in [2.75, 3.05) is 7.11 Å². The van der Waals surface area contributed by atoms with Crippen LogP contribution in [0.5, 0.6) is 0 Å². The van der Waals surface area contributed by atoms with Crippen LogP contribution in [-0.2, 0) is 10.2 Å². The summed E-state index contributed by atoms with van der Waals surface area (Å²) < 4.78 is 5.73. The van der Waals surface area contributed by atoms with E-state index in [0.717, 1.165) is 16.8 Å². The van der Waals surface area contributed by atoms with Gasteiger partial charge in [-0.3, -0.25) is 4.99 Å². The van der Waals surface area contributed by atoms with Crippen LogP contribution in [0, 0.1) is 0 Å². The van der Waals surface area contributed by atoms with Crippen molar-refractivity contribution in [2.24, 2.45) is 4.99 Å². The molecule has 3 rings (SSSR count). The third-order valence-corrected chi connectivity index (χ3v) is 4.69. The largest absolute Gasteiger partial charge is 0.355 e. The standard InChI is InChI=1S/C24H25NO/c1-24(2,21-17-11-6-12-18-21)22(19-13-7-4-8-14-19)25-23(26-3)20-15-9-5-10-16-20/h4-18,23H,1-3H3. The monoisotopic (exact) mass is 343 g/mol. The third-order valence-electron chi connectivity index (χ3n) is 4.69. The second-order valence-electron chi connectivity index (χ2n) is 6.83. The summed E-state index contributed by atoms with van der Waals surface area (Å²) in [5, 5.41) is 0. The average Bonchev–Trinajstić information content (AvgIpc) is 2.70. The zero-order valence-electron chi connectivity index (χ0n) is 15.6. The molecule has 2 nitrogen and oxygen atoms in total. The molecular formula is C24H25NO. The topological polar surface area (TPSA) is 21.6 Å². The molecule has 1 atom stereocenters. The molecule has 0 aliphatic carbocycles. The lowest BCUT2D eigenvalue weighted by Crippen LogP contribution is -2.31. The van der Waals surface area contributed by atoms with Gasteiger partial charge in [-0.2, -0.15) is 0 Å². The van der Waals surface area contributed by atoms with Crippen LogP contribution in [0.3, 0.4) is 0 Å². The zero-order chi connectivity index (χ0) is 18.4. The van der Waals surface area contributed by atoms with Crippen molar-refractivity contribution in [1.29, 1.82) is 0 Å². The van der Waals surface area contributed by atoms with Gasteiger partial charge in [0.15, 0.2) is 6.23 Å². The van der Waals surface area contributed by atoms with Crippen LogP contribution in [0.2, 0.25) is 0 Å². The molecule has 0 N–H and O–H groups in total. The number of nitrogens with zero attached hydrogens (tertiary/aromatic N) is 1. The number of hydrogen-bond acceptors (Lipinski definition) is 2. The lowest BCUT2D eigenvalue weighted by Gasteiger charge is -2.29. The number of benzene rings is 3. The van der Waals surface area contributed by atoms with Crippen molar-refractivity contribution in [1.82, 2.24) is 0 Å². The number of methoxy groups -OCH3 is 1. The second kappa shape index (κ2) is 8.11. The fourth-order valence-electron chi connectivity index (χ4n) is 3.18. The zero-order valence-corrected chi connectivity index (χ0v) is 15.6. The Balaban J connectivity index is 2.12. The van der Waals surface area contributed by atoms with E-state index in [0.29, 0.717) is 0 Å². The fourth-order valence-corrected chi connectivity index (χ4v) is 3.18. The highest BCUT2D eigenvalue weighted by molar-refractivity contribution is 6.07. The predicted octanol–water partition coefficient (Wildman–Crippen LogP) is 5.80. The van der Waals surface area contributed by atoms with Gasteiger partial charge in [-0.1, -0.05) is 105 Å². The lowest BCUT2D eigenvalue weighted by atomic mass is 9.77. The minimum absolute atomic E-state index is 0.256. The van der Waals surface area contributed by atoms with Crippen LogP contribution in [0.25, 0.3) is 0 Å². The summed E-state index contributed by atoms with van der Waals surface area (Å²) in [7, 11) is 1.71. The van der Waals surface area contributed by atoms with E-state index in [-0.39, 0.29) is 11.6 Å². The minimum atomic E-state index is -0.339. The Morgan fingerprint density at radius 1 is 0.769 bits per heavy atom. The molecule has 3 aromatic rings. The first kappa shape index (κ1) is 18.1. The maximum atomic E-state index is 5.73. The molecule has 26 heavy (non-hydrogen) atoms. The first-order chi connectivity index (χ1) is 12.6. The van der Waals surface area contributed by atoms with E-state index in [1.54, 1.807) is 7.11 Å². The van der Waals surface area contributed by atoms with Gasteiger partial charge in [-0.15, -0.1) is 0 Å². The Morgan fingerprint density at radius 2 is 1.27 bits per heavy atom. The van der Waals surface area contributed by atoms with Gasteiger partial charge in [0.25, 0.3) is 0 Å². The van der Waals surface area contributed by atoms with E-state index in [4.69, 9.17) is 9.73 Å². The summed E-state index contributed by atoms with van der Waals surface area (Å²) in [6.45, 7) is 4.43. The van der Waals surface area contributed by atoms with E-state index in [1.807, 2.05) is 30.3 Å². The molecule has 2 heteroatoms. The molecule has 0 amide bonds. The van der Waals surface area contributed by atoms with Gasteiger partial charge < -0.3 is 4.74 Å². The van der Waals surface area contributed by atoms with Crippen molar-refractivity contribution in [3.8, 4) is 0 Å². The van der Waals surface area contributed by atoms with Crippen LogP contribution in [-0.4, -0.2) is 12.8 Å². The van der Waals surface area contributed by atoms with Crippen molar-refractivity contribution in [2.45, 2.75) is 25.5 Å². The molecule has 0 spiro atoms. The molecule has 3 aromatic carbocycles. The van der Waals surface area contributed by atoms with Crippen LogP contribution in [0.1, 0.15) is 36.8 Å². The van der Waals surface area contributed by atoms with Crippen molar-refractivity contribution in [3.63, 3.8) is 0 Å². The number of aliphatic imine (C=N–C) groups is 1. The van der Waals surface area contributed by atoms with E-state index in [2.05, 4.69) is 74.5 Å². The third kappa shape index (κ3) is 3.92. The molecule has 0 heterocycles. The number of hydrogen-bond donors (Lipinski definition) is 0. The predicted molar refractivity (Wildman–Crippen MR) is 109 cm³/mol. The fraction of sp³-hybridized carbons (Fsp3) is 0.208. The number of ether oxygens (including phenoxy) is 1. The molecule has 132 valence electrons. The highest BCUT2D eigenvalue weighted by Crippen LogP contribution is 2.31. The van der Waals surface area contributed by atoms with Gasteiger partial charge in [0, 0.05) is 18.1 Å². The van der Waals surface area contributed by atoms with E-state index >= 15 is 0 Å². The summed E-state index contributed by atoms with van der Waals surface area (Å²) in [4.78, 5) is 5.08. The first-order valence-corrected chi connectivity index (χ1v) is 8.90. The first-order valence-electron chi connectivity index (χ1n) is 8.90. The van der Waals surface area contributed by atoms with Gasteiger partial charge in [-0.25, -0.2) is 0 Å². The van der Waals surface area contributed by atoms with Crippen molar-refractivity contribution in [3.05, 3.63) is 108 Å². The van der Waals surface area contributed by atoms with Crippen molar-refractivity contribution >= 4 is 5.71 Å². The molecular weight excluding hydrogens is 318 g/mol. The van der Waals surface area contributed by atoms with E-state index in [1.165, 1.54) is 5.56 Å². The molecule has 0 saturated carbocycles. The molecule has 0 radical (unpaired) electrons. The van der Waals surface area contributed by atoms with Crippen LogP contribution in [0.15, 0.2) is 96.0 Å². The SMILES string of the molecule is COC(N=C(c1ccccc1)C(C)(C)c1ccccc1)c1ccccc1. The minimum Gasteiger partial charge on any atom is -0.355 e. The van der Waals surface area contributed by atoms with Crippen molar-refractivity contribution < 1.29 is 4.74 Å². The molecule has 0 aromatic heterocycles. The van der Waals surface area contributed by atoms with Gasteiger partial charge >= 0.3 is 0 Å². The van der Waals surface area contributed by atoms with Gasteiger partial charge in [0.05, 0.1) is 5.71 Å². The van der Waals surface area contributed by atoms with Gasteiger partial charge in [0.1, 0.15) is 0 Å². The smallest absolute Gasteiger partial charge is 0.174 e. The normalized spacial score (nSPS) is 13.4. The van der Waals surface area contributed by atoms with Crippen LogP contribution < -0.4 is 0 Å². The summed E-state index contributed by atoms with van der Waals surface area (Å²) in [6.07, 6.45) is -0.339. The second-order valence-corrected chi connectivity index (χ2v) is 6.83. The van der Waals surface area contributed by atoms with Crippen LogP contribution >= 0.6 is 0 Å². The molecule has 1 unspecified atom stereocenters. The molecule has 0 aliphatic rings. The number of rotatable bonds is 6. The molecule has 0 aliphatic heterocycles. The van der Waals surface area contributed by atoms with E-state index < -0.39 is 0 Å². The Labute approximate surface area is 156 Å². The summed E-state index contributed by atoms with van der Waals surface area (Å²) in [5.74, 6) is 0. The Morgan fingerprint density at radius 3 is 1.81 bits per heavy atom. The molecule has 0 saturated heterocycles. The summed E-state index contributed by atoms with van der Waals surface area (Å²) in [5.41, 5.74) is 4.14. The molecule has 0 fully saturated rings. The highest BCUT2D eigenvalue weighted by atomic mass is 16.5. The maximum Gasteiger partial charge on any atom is 0.174 e. The maximum absolute atomic E-state index is 5.73. The Bertz CT molecular complexity index is 839. The molecule has 0 bridgehead atoms. The van der Waals surface area contributed by atoms with Gasteiger partial charge in [0.2, 0.25) is 0 Å². The Hall–Kier alpha value is -2.71. The van der Waals surface area contributed by atoms with E-state index in [9.17, 15) is 0 Å².